The van der Waals surface area contributed by atoms with Crippen molar-refractivity contribution in [1.82, 2.24) is 15.3 Å². The first-order valence-corrected chi connectivity index (χ1v) is 9.55. The average molecular weight is 377 g/mol. The van der Waals surface area contributed by atoms with Crippen molar-refractivity contribution in [2.75, 3.05) is 13.2 Å². The van der Waals surface area contributed by atoms with Gasteiger partial charge in [0.05, 0.1) is 12.1 Å². The van der Waals surface area contributed by atoms with Crippen molar-refractivity contribution in [1.29, 1.82) is 0 Å². The molecule has 3 aromatic rings. The number of nitrogens with zero attached hydrogens (tertiary/aromatic N) is 2. The monoisotopic (exact) mass is 377 g/mol. The molecule has 1 aliphatic rings. The molecule has 3 heterocycles. The van der Waals surface area contributed by atoms with Crippen LogP contribution in [0.25, 0.3) is 22.0 Å². The molecule has 6 heteroatoms. The molecule has 1 amide bonds. The minimum absolute atomic E-state index is 0.0844. The number of nitrogens with one attached hydrogen (secondary N) is 1. The Morgan fingerprint density at radius 1 is 1.21 bits per heavy atom. The van der Waals surface area contributed by atoms with E-state index in [0.717, 1.165) is 27.8 Å². The molecule has 0 bridgehead atoms. The quantitative estimate of drug-likeness (QED) is 0.711. The summed E-state index contributed by atoms with van der Waals surface area (Å²) in [5.74, 6) is 1.62. The van der Waals surface area contributed by atoms with Gasteiger partial charge in [0.15, 0.2) is 0 Å². The van der Waals surface area contributed by atoms with Crippen LogP contribution >= 0.6 is 0 Å². The minimum Gasteiger partial charge on any atom is -0.490 e. The van der Waals surface area contributed by atoms with Crippen LogP contribution in [0.1, 0.15) is 20.3 Å². The van der Waals surface area contributed by atoms with Crippen LogP contribution in [-0.4, -0.2) is 35.1 Å². The molecule has 6 nitrogen and oxygen atoms in total. The first-order valence-electron chi connectivity index (χ1n) is 9.55. The molecule has 1 aliphatic heterocycles. The van der Waals surface area contributed by atoms with E-state index >= 15 is 0 Å². The summed E-state index contributed by atoms with van der Waals surface area (Å²) in [5, 5.41) is 3.83. The lowest BCUT2D eigenvalue weighted by molar-refractivity contribution is -0.119. The van der Waals surface area contributed by atoms with E-state index in [1.807, 2.05) is 50.2 Å². The van der Waals surface area contributed by atoms with Crippen LogP contribution in [0.4, 0.5) is 0 Å². The van der Waals surface area contributed by atoms with Gasteiger partial charge in [-0.1, -0.05) is 0 Å². The summed E-state index contributed by atoms with van der Waals surface area (Å²) in [5.41, 5.74) is 2.80. The molecule has 1 aromatic carbocycles. The number of hydrogen-bond donors (Lipinski definition) is 1. The van der Waals surface area contributed by atoms with E-state index < -0.39 is 0 Å². The van der Waals surface area contributed by atoms with E-state index in [-0.39, 0.29) is 17.9 Å². The lowest BCUT2D eigenvalue weighted by Gasteiger charge is -2.21. The van der Waals surface area contributed by atoms with Crippen molar-refractivity contribution in [3.63, 3.8) is 0 Å². The van der Waals surface area contributed by atoms with Crippen molar-refractivity contribution in [2.24, 2.45) is 5.92 Å². The van der Waals surface area contributed by atoms with Crippen molar-refractivity contribution in [3.8, 4) is 22.8 Å². The highest BCUT2D eigenvalue weighted by molar-refractivity contribution is 5.90. The van der Waals surface area contributed by atoms with Crippen molar-refractivity contribution >= 4 is 16.8 Å². The van der Waals surface area contributed by atoms with Gasteiger partial charge in [-0.25, -0.2) is 4.98 Å². The number of fused-ring (bicyclic) bond motifs is 1. The van der Waals surface area contributed by atoms with Crippen LogP contribution in [0, 0.1) is 5.92 Å². The molecule has 2 aromatic heterocycles. The first-order chi connectivity index (χ1) is 13.6. The second-order valence-electron chi connectivity index (χ2n) is 6.95. The van der Waals surface area contributed by atoms with E-state index in [9.17, 15) is 4.79 Å². The zero-order chi connectivity index (χ0) is 19.5. The maximum absolute atomic E-state index is 11.5. The van der Waals surface area contributed by atoms with Crippen molar-refractivity contribution in [2.45, 2.75) is 26.4 Å². The van der Waals surface area contributed by atoms with Gasteiger partial charge in [-0.2, -0.15) is 0 Å². The number of amides is 1. The van der Waals surface area contributed by atoms with E-state index in [1.165, 1.54) is 0 Å². The van der Waals surface area contributed by atoms with Crippen LogP contribution in [0.3, 0.4) is 0 Å². The third-order valence-electron chi connectivity index (χ3n) is 5.03. The van der Waals surface area contributed by atoms with E-state index in [0.29, 0.717) is 25.5 Å². The average Bonchev–Trinajstić information content (AvgIpc) is 3.15. The maximum atomic E-state index is 11.5. The van der Waals surface area contributed by atoms with E-state index in [4.69, 9.17) is 9.47 Å². The second kappa shape index (κ2) is 7.84. The van der Waals surface area contributed by atoms with Crippen molar-refractivity contribution in [3.05, 3.63) is 48.8 Å². The highest BCUT2D eigenvalue weighted by Crippen LogP contribution is 2.33. The fraction of sp³-hybridized carbons (Fsp3) is 0.318. The standard InChI is InChI=1S/C22H23N3O3/c1-3-27-22-7-6-15(12-25-22)16-9-19-18(5-4-8-23-19)20(10-16)28-14(2)17-11-21(26)24-13-17/h4-10,12,14,17H,3,11,13H2,1-2H3,(H,24,26)/t14-,17+/m1/s1. The van der Waals surface area contributed by atoms with Gasteiger partial charge >= 0.3 is 0 Å². The molecule has 0 spiro atoms. The molecule has 4 rings (SSSR count). The van der Waals surface area contributed by atoms with Crippen LogP contribution < -0.4 is 14.8 Å². The van der Waals surface area contributed by atoms with Gasteiger partial charge < -0.3 is 14.8 Å². The Balaban J connectivity index is 1.68. The fourth-order valence-electron chi connectivity index (χ4n) is 3.45. The summed E-state index contributed by atoms with van der Waals surface area (Å²) in [6.07, 6.45) is 3.98. The van der Waals surface area contributed by atoms with Crippen LogP contribution in [-0.2, 0) is 4.79 Å². The lowest BCUT2D eigenvalue weighted by atomic mass is 10.0. The number of pyridine rings is 2. The Bertz CT molecular complexity index is 988. The van der Waals surface area contributed by atoms with Gasteiger partial charge in [0, 0.05) is 48.3 Å². The summed E-state index contributed by atoms with van der Waals surface area (Å²) < 4.78 is 11.7. The molecule has 1 saturated heterocycles. The normalized spacial score (nSPS) is 17.4. The van der Waals surface area contributed by atoms with Crippen LogP contribution in [0.15, 0.2) is 48.8 Å². The molecule has 144 valence electrons. The summed E-state index contributed by atoms with van der Waals surface area (Å²) >= 11 is 0. The number of ether oxygens (including phenoxy) is 2. The second-order valence-corrected chi connectivity index (χ2v) is 6.95. The molecule has 28 heavy (non-hydrogen) atoms. The van der Waals surface area contributed by atoms with E-state index in [1.54, 1.807) is 12.4 Å². The molecule has 1 fully saturated rings. The Labute approximate surface area is 163 Å². The zero-order valence-electron chi connectivity index (χ0n) is 16.0. The van der Waals surface area contributed by atoms with Gasteiger partial charge in [0.2, 0.25) is 11.8 Å². The fourth-order valence-corrected chi connectivity index (χ4v) is 3.45. The zero-order valence-corrected chi connectivity index (χ0v) is 16.0. The molecule has 0 saturated carbocycles. The number of carbonyl (C=O) groups excluding carboxylic acids is 1. The number of hydrogen-bond acceptors (Lipinski definition) is 5. The minimum atomic E-state index is -0.0870. The summed E-state index contributed by atoms with van der Waals surface area (Å²) in [6, 6.07) is 11.8. The van der Waals surface area contributed by atoms with Crippen molar-refractivity contribution < 1.29 is 14.3 Å². The number of aromatic nitrogens is 2. The Morgan fingerprint density at radius 2 is 2.11 bits per heavy atom. The maximum Gasteiger partial charge on any atom is 0.220 e. The smallest absolute Gasteiger partial charge is 0.220 e. The number of benzene rings is 1. The molecule has 1 N–H and O–H groups in total. The van der Waals surface area contributed by atoms with Gasteiger partial charge in [-0.15, -0.1) is 0 Å². The highest BCUT2D eigenvalue weighted by atomic mass is 16.5. The Hall–Kier alpha value is -3.15. The first kappa shape index (κ1) is 18.2. The molecular formula is C22H23N3O3. The topological polar surface area (TPSA) is 73.3 Å². The summed E-state index contributed by atoms with van der Waals surface area (Å²) in [4.78, 5) is 20.4. The van der Waals surface area contributed by atoms with E-state index in [2.05, 4.69) is 15.3 Å². The third kappa shape index (κ3) is 3.76. The van der Waals surface area contributed by atoms with Crippen LogP contribution in [0.2, 0.25) is 0 Å². The molecule has 0 unspecified atom stereocenters. The summed E-state index contributed by atoms with van der Waals surface area (Å²) in [7, 11) is 0. The predicted molar refractivity (Wildman–Crippen MR) is 107 cm³/mol. The lowest BCUT2D eigenvalue weighted by Crippen LogP contribution is -2.25. The molecule has 0 aliphatic carbocycles. The SMILES string of the molecule is CCOc1ccc(-c2cc(O[C@H](C)[C@@H]3CNC(=O)C3)c3cccnc3c2)cn1. The molecular weight excluding hydrogens is 354 g/mol. The van der Waals surface area contributed by atoms with Gasteiger partial charge in [0.1, 0.15) is 11.9 Å². The van der Waals surface area contributed by atoms with Gasteiger partial charge in [0.25, 0.3) is 0 Å². The summed E-state index contributed by atoms with van der Waals surface area (Å²) in [6.45, 7) is 5.18. The Kier molecular flexibility index (Phi) is 5.10. The molecule has 2 atom stereocenters. The highest BCUT2D eigenvalue weighted by Gasteiger charge is 2.28. The van der Waals surface area contributed by atoms with Gasteiger partial charge in [-0.05, 0) is 49.7 Å². The predicted octanol–water partition coefficient (Wildman–Crippen LogP) is 3.60. The number of rotatable bonds is 6. The number of carbonyl (C=O) groups is 1. The molecule has 0 radical (unpaired) electrons. The van der Waals surface area contributed by atoms with Crippen LogP contribution in [0.5, 0.6) is 11.6 Å². The van der Waals surface area contributed by atoms with Gasteiger partial charge in [-0.3, -0.25) is 9.78 Å². The Morgan fingerprint density at radius 3 is 2.82 bits per heavy atom. The largest absolute Gasteiger partial charge is 0.490 e. The third-order valence-corrected chi connectivity index (χ3v) is 5.03.